The average molecular weight is 495 g/mol. The molecule has 4 N–H and O–H groups in total. The summed E-state index contributed by atoms with van der Waals surface area (Å²) in [6.45, 7) is 11.0. The van der Waals surface area contributed by atoms with Gasteiger partial charge in [0.1, 0.15) is 11.3 Å². The standard InChI is InChI=1S/C27H34N4O3S/c1-16(2)31(17(3)4)15-21(18(5)29-30-27(28)35)23(19-11-7-6-8-12-19)24-25(32)20-13-9-10-14-22(20)34-26(24)33/h6-14,16-17,21,23,32H,15H2,1-5H3,(H3,28,30,35)/b29-18+. The first-order valence-electron chi connectivity index (χ1n) is 11.8. The van der Waals surface area contributed by atoms with E-state index < -0.39 is 11.5 Å². The van der Waals surface area contributed by atoms with Crippen molar-refractivity contribution in [1.82, 2.24) is 10.3 Å². The monoisotopic (exact) mass is 494 g/mol. The van der Waals surface area contributed by atoms with Gasteiger partial charge in [0.05, 0.1) is 10.9 Å². The van der Waals surface area contributed by atoms with Crippen LogP contribution in [-0.4, -0.2) is 39.5 Å². The molecule has 1 heterocycles. The highest BCUT2D eigenvalue weighted by Gasteiger charge is 2.35. The molecule has 2 unspecified atom stereocenters. The molecule has 1 aromatic heterocycles. The lowest BCUT2D eigenvalue weighted by molar-refractivity contribution is 0.156. The van der Waals surface area contributed by atoms with Crippen LogP contribution in [0.4, 0.5) is 0 Å². The van der Waals surface area contributed by atoms with Crippen molar-refractivity contribution in [2.75, 3.05) is 6.54 Å². The summed E-state index contributed by atoms with van der Waals surface area (Å²) in [5.41, 5.74) is 9.87. The zero-order valence-electron chi connectivity index (χ0n) is 20.9. The minimum atomic E-state index is -0.573. The summed E-state index contributed by atoms with van der Waals surface area (Å²) in [7, 11) is 0. The zero-order chi connectivity index (χ0) is 25.7. The number of hydrogen-bond donors (Lipinski definition) is 3. The maximum Gasteiger partial charge on any atom is 0.343 e. The first-order chi connectivity index (χ1) is 16.6. The van der Waals surface area contributed by atoms with Crippen molar-refractivity contribution in [3.8, 4) is 5.75 Å². The van der Waals surface area contributed by atoms with Crippen LogP contribution in [0.25, 0.3) is 11.0 Å². The second-order valence-corrected chi connectivity index (χ2v) is 9.70. The molecule has 3 aromatic rings. The molecule has 2 atom stereocenters. The highest BCUT2D eigenvalue weighted by atomic mass is 32.1. The number of nitrogens with two attached hydrogens (primary N) is 1. The normalized spacial score (nSPS) is 14.0. The molecule has 0 amide bonds. The Morgan fingerprint density at radius 2 is 1.69 bits per heavy atom. The van der Waals surface area contributed by atoms with Crippen molar-refractivity contribution < 1.29 is 9.52 Å². The summed E-state index contributed by atoms with van der Waals surface area (Å²) in [5, 5.41) is 16.4. The van der Waals surface area contributed by atoms with Crippen molar-refractivity contribution in [2.45, 2.75) is 52.6 Å². The summed E-state index contributed by atoms with van der Waals surface area (Å²) in [4.78, 5) is 15.7. The van der Waals surface area contributed by atoms with Crippen LogP contribution >= 0.6 is 12.2 Å². The van der Waals surface area contributed by atoms with E-state index in [9.17, 15) is 9.90 Å². The second kappa shape index (κ2) is 11.5. The Morgan fingerprint density at radius 3 is 2.29 bits per heavy atom. The minimum Gasteiger partial charge on any atom is -0.507 e. The molecule has 0 fully saturated rings. The van der Waals surface area contributed by atoms with E-state index >= 15 is 0 Å². The third-order valence-corrected chi connectivity index (χ3v) is 6.40. The molecule has 8 heteroatoms. The number of fused-ring (bicyclic) bond motifs is 1. The molecule has 35 heavy (non-hydrogen) atoms. The van der Waals surface area contributed by atoms with E-state index in [1.165, 1.54) is 0 Å². The van der Waals surface area contributed by atoms with Gasteiger partial charge in [-0.1, -0.05) is 42.5 Å². The molecule has 0 aliphatic rings. The largest absolute Gasteiger partial charge is 0.507 e. The molecule has 3 rings (SSSR count). The average Bonchev–Trinajstić information content (AvgIpc) is 2.81. The molecule has 7 nitrogen and oxygen atoms in total. The first-order valence-corrected chi connectivity index (χ1v) is 12.2. The maximum absolute atomic E-state index is 13.4. The Balaban J connectivity index is 2.30. The smallest absolute Gasteiger partial charge is 0.343 e. The highest BCUT2D eigenvalue weighted by molar-refractivity contribution is 7.80. The fourth-order valence-electron chi connectivity index (χ4n) is 4.63. The molecule has 0 radical (unpaired) electrons. The third kappa shape index (κ3) is 6.07. The van der Waals surface area contributed by atoms with E-state index in [0.717, 1.165) is 5.56 Å². The summed E-state index contributed by atoms with van der Waals surface area (Å²) in [5.74, 6) is -0.917. The number of benzene rings is 2. The number of nitrogens with one attached hydrogen (secondary N) is 1. The van der Waals surface area contributed by atoms with Gasteiger partial charge in [-0.05, 0) is 64.5 Å². The van der Waals surface area contributed by atoms with E-state index in [2.05, 4.69) is 43.1 Å². The van der Waals surface area contributed by atoms with Gasteiger partial charge < -0.3 is 15.3 Å². The lowest BCUT2D eigenvalue weighted by Gasteiger charge is -2.37. The van der Waals surface area contributed by atoms with Gasteiger partial charge in [0.25, 0.3) is 0 Å². The maximum atomic E-state index is 13.4. The van der Waals surface area contributed by atoms with Crippen LogP contribution in [0.2, 0.25) is 0 Å². The van der Waals surface area contributed by atoms with Crippen molar-refractivity contribution in [3.63, 3.8) is 0 Å². The Bertz CT molecular complexity index is 1250. The highest BCUT2D eigenvalue weighted by Crippen LogP contribution is 2.39. The summed E-state index contributed by atoms with van der Waals surface area (Å²) < 4.78 is 5.68. The van der Waals surface area contributed by atoms with E-state index in [-0.39, 0.29) is 34.4 Å². The number of aromatic hydroxyl groups is 1. The Labute approximate surface area is 211 Å². The quantitative estimate of drug-likeness (QED) is 0.173. The lowest BCUT2D eigenvalue weighted by atomic mass is 9.77. The molecule has 2 aromatic carbocycles. The van der Waals surface area contributed by atoms with Crippen molar-refractivity contribution in [3.05, 3.63) is 76.1 Å². The SMILES string of the molecule is C/C(=N\NC(N)=S)C(CN(C(C)C)C(C)C)C(c1ccccc1)c1c(O)c2ccccc2oc1=O. The molecule has 186 valence electrons. The minimum absolute atomic E-state index is 0.0528. The van der Waals surface area contributed by atoms with Crippen LogP contribution < -0.4 is 16.8 Å². The van der Waals surface area contributed by atoms with E-state index in [0.29, 0.717) is 23.2 Å². The number of hydrogen-bond acceptors (Lipinski definition) is 6. The number of thiocarbonyl (C=S) groups is 1. The second-order valence-electron chi connectivity index (χ2n) is 9.26. The Kier molecular flexibility index (Phi) is 8.64. The van der Waals surface area contributed by atoms with Crippen LogP contribution in [0, 0.1) is 5.92 Å². The molecule has 0 spiro atoms. The van der Waals surface area contributed by atoms with Gasteiger partial charge in [0.15, 0.2) is 5.11 Å². The molecule has 0 saturated carbocycles. The Morgan fingerprint density at radius 1 is 1.09 bits per heavy atom. The van der Waals surface area contributed by atoms with Gasteiger partial charge in [-0.25, -0.2) is 4.79 Å². The third-order valence-electron chi connectivity index (χ3n) is 6.31. The fourth-order valence-corrected chi connectivity index (χ4v) is 4.68. The Hall–Kier alpha value is -3.23. The summed E-state index contributed by atoms with van der Waals surface area (Å²) in [6.07, 6.45) is 0. The molecular formula is C27H34N4O3S. The molecule has 0 bridgehead atoms. The van der Waals surface area contributed by atoms with Crippen molar-refractivity contribution in [2.24, 2.45) is 16.8 Å². The fraction of sp³-hybridized carbons (Fsp3) is 0.370. The number of rotatable bonds is 9. The van der Waals surface area contributed by atoms with Gasteiger partial charge in [0, 0.05) is 36.2 Å². The van der Waals surface area contributed by atoms with Crippen LogP contribution in [0.1, 0.15) is 51.7 Å². The molecular weight excluding hydrogens is 460 g/mol. The van der Waals surface area contributed by atoms with Gasteiger partial charge in [0.2, 0.25) is 0 Å². The van der Waals surface area contributed by atoms with E-state index in [1.807, 2.05) is 37.3 Å². The van der Waals surface area contributed by atoms with Gasteiger partial charge in [-0.3, -0.25) is 10.3 Å². The van der Waals surface area contributed by atoms with Crippen LogP contribution in [0.5, 0.6) is 5.75 Å². The van der Waals surface area contributed by atoms with Gasteiger partial charge >= 0.3 is 5.63 Å². The summed E-state index contributed by atoms with van der Waals surface area (Å²) >= 11 is 4.96. The van der Waals surface area contributed by atoms with Gasteiger partial charge in [-0.15, -0.1) is 0 Å². The van der Waals surface area contributed by atoms with Crippen molar-refractivity contribution in [1.29, 1.82) is 0 Å². The zero-order valence-corrected chi connectivity index (χ0v) is 21.7. The molecule has 0 aliphatic heterocycles. The van der Waals surface area contributed by atoms with E-state index in [1.54, 1.807) is 24.3 Å². The van der Waals surface area contributed by atoms with Crippen molar-refractivity contribution >= 4 is 34.0 Å². The number of nitrogens with zero attached hydrogens (tertiary/aromatic N) is 2. The number of hydrazone groups is 1. The summed E-state index contributed by atoms with van der Waals surface area (Å²) in [6, 6.07) is 17.1. The van der Waals surface area contributed by atoms with Crippen LogP contribution in [0.3, 0.4) is 0 Å². The lowest BCUT2D eigenvalue weighted by Crippen LogP contribution is -2.44. The van der Waals surface area contributed by atoms with Gasteiger partial charge in [-0.2, -0.15) is 5.10 Å². The molecule has 0 aliphatic carbocycles. The predicted octanol–water partition coefficient (Wildman–Crippen LogP) is 4.57. The predicted molar refractivity (Wildman–Crippen MR) is 146 cm³/mol. The number of para-hydroxylation sites is 1. The van der Waals surface area contributed by atoms with Crippen LogP contribution in [-0.2, 0) is 0 Å². The van der Waals surface area contributed by atoms with E-state index in [4.69, 9.17) is 22.4 Å². The topological polar surface area (TPSA) is 104 Å². The first kappa shape index (κ1) is 26.4. The molecule has 0 saturated heterocycles. The van der Waals surface area contributed by atoms with Crippen LogP contribution in [0.15, 0.2) is 68.9 Å².